The minimum Gasteiger partial charge on any atom is -0.378 e. The standard InChI is InChI=1S/C17H26N4O2.HI/c1-3-13(2)20-16(22)15-6-4-5-14(11-15)12-19-17(18)21-7-9-23-10-8-21;/h4-6,11,13H,3,7-10,12H2,1-2H3,(H2,18,19)(H,20,22);1H. The van der Waals surface area contributed by atoms with Crippen molar-refractivity contribution in [3.63, 3.8) is 0 Å². The number of nitrogens with two attached hydrogens (primary N) is 1. The van der Waals surface area contributed by atoms with Crippen LogP contribution < -0.4 is 11.1 Å². The zero-order valence-electron chi connectivity index (χ0n) is 14.3. The second kappa shape index (κ2) is 10.5. The fourth-order valence-electron chi connectivity index (χ4n) is 2.28. The van der Waals surface area contributed by atoms with Gasteiger partial charge in [0, 0.05) is 24.7 Å². The van der Waals surface area contributed by atoms with E-state index in [9.17, 15) is 4.79 Å². The predicted molar refractivity (Wildman–Crippen MR) is 107 cm³/mol. The van der Waals surface area contributed by atoms with E-state index in [0.29, 0.717) is 31.3 Å². The predicted octanol–water partition coefficient (Wildman–Crippen LogP) is 1.98. The lowest BCUT2D eigenvalue weighted by atomic mass is 10.1. The monoisotopic (exact) mass is 446 g/mol. The smallest absolute Gasteiger partial charge is 0.251 e. The number of nitrogens with one attached hydrogen (secondary N) is 1. The second-order valence-electron chi connectivity index (χ2n) is 5.76. The summed E-state index contributed by atoms with van der Waals surface area (Å²) in [5.41, 5.74) is 7.65. The van der Waals surface area contributed by atoms with Gasteiger partial charge in [-0.3, -0.25) is 4.79 Å². The van der Waals surface area contributed by atoms with Crippen LogP contribution in [-0.2, 0) is 11.3 Å². The number of rotatable bonds is 5. The Labute approximate surface area is 160 Å². The van der Waals surface area contributed by atoms with E-state index in [1.54, 1.807) is 0 Å². The van der Waals surface area contributed by atoms with Crippen molar-refractivity contribution in [3.8, 4) is 0 Å². The molecule has 1 heterocycles. The SMILES string of the molecule is CCC(C)NC(=O)c1cccc(CN=C(N)N2CCOCC2)c1.I. The first-order valence-electron chi connectivity index (χ1n) is 8.12. The molecule has 0 radical (unpaired) electrons. The number of carbonyl (C=O) groups is 1. The molecular formula is C17H27IN4O2. The quantitative estimate of drug-likeness (QED) is 0.412. The van der Waals surface area contributed by atoms with Gasteiger partial charge in [0.05, 0.1) is 19.8 Å². The maximum Gasteiger partial charge on any atom is 0.251 e. The molecule has 1 aromatic carbocycles. The Bertz CT molecular complexity index is 559. The van der Waals surface area contributed by atoms with Gasteiger partial charge in [0.1, 0.15) is 0 Å². The van der Waals surface area contributed by atoms with Crippen molar-refractivity contribution in [1.82, 2.24) is 10.2 Å². The summed E-state index contributed by atoms with van der Waals surface area (Å²) in [6.45, 7) is 7.41. The molecule has 0 bridgehead atoms. The summed E-state index contributed by atoms with van der Waals surface area (Å²) in [6, 6.07) is 7.68. The summed E-state index contributed by atoms with van der Waals surface area (Å²) >= 11 is 0. The van der Waals surface area contributed by atoms with E-state index in [1.807, 2.05) is 43.0 Å². The third-order valence-corrected chi connectivity index (χ3v) is 3.94. The molecule has 134 valence electrons. The van der Waals surface area contributed by atoms with E-state index >= 15 is 0 Å². The summed E-state index contributed by atoms with van der Waals surface area (Å²) in [5.74, 6) is 0.481. The molecule has 0 aliphatic carbocycles. The Hall–Kier alpha value is -1.35. The topological polar surface area (TPSA) is 80.0 Å². The number of ether oxygens (including phenoxy) is 1. The van der Waals surface area contributed by atoms with Crippen molar-refractivity contribution in [2.24, 2.45) is 10.7 Å². The average Bonchev–Trinajstić information content (AvgIpc) is 2.60. The maximum atomic E-state index is 12.2. The molecule has 0 spiro atoms. The Balaban J connectivity index is 0.00000288. The molecule has 0 saturated carbocycles. The van der Waals surface area contributed by atoms with Crippen LogP contribution in [0.15, 0.2) is 29.3 Å². The van der Waals surface area contributed by atoms with Crippen molar-refractivity contribution < 1.29 is 9.53 Å². The highest BCUT2D eigenvalue weighted by molar-refractivity contribution is 14.0. The van der Waals surface area contributed by atoms with Crippen molar-refractivity contribution in [2.45, 2.75) is 32.9 Å². The molecule has 7 heteroatoms. The molecule has 1 fully saturated rings. The Morgan fingerprint density at radius 2 is 2.12 bits per heavy atom. The number of benzene rings is 1. The van der Waals surface area contributed by atoms with Crippen LogP contribution in [0.25, 0.3) is 0 Å². The van der Waals surface area contributed by atoms with Gasteiger partial charge in [-0.15, -0.1) is 24.0 Å². The van der Waals surface area contributed by atoms with Crippen molar-refractivity contribution in [2.75, 3.05) is 26.3 Å². The molecule has 1 saturated heterocycles. The molecule has 6 nitrogen and oxygen atoms in total. The third-order valence-electron chi connectivity index (χ3n) is 3.94. The number of morpholine rings is 1. The minimum absolute atomic E-state index is 0. The fraction of sp³-hybridized carbons (Fsp3) is 0.529. The van der Waals surface area contributed by atoms with E-state index in [-0.39, 0.29) is 35.9 Å². The van der Waals surface area contributed by atoms with Gasteiger partial charge in [-0.25, -0.2) is 4.99 Å². The molecule has 1 unspecified atom stereocenters. The van der Waals surface area contributed by atoms with E-state index < -0.39 is 0 Å². The zero-order chi connectivity index (χ0) is 16.7. The number of halogens is 1. The maximum absolute atomic E-state index is 12.2. The number of hydrogen-bond acceptors (Lipinski definition) is 3. The summed E-state index contributed by atoms with van der Waals surface area (Å²) in [6.07, 6.45) is 0.909. The lowest BCUT2D eigenvalue weighted by molar-refractivity contribution is 0.0674. The molecule has 1 aromatic rings. The van der Waals surface area contributed by atoms with Crippen molar-refractivity contribution in [3.05, 3.63) is 35.4 Å². The molecule has 0 aromatic heterocycles. The molecule has 24 heavy (non-hydrogen) atoms. The largest absolute Gasteiger partial charge is 0.378 e. The number of aliphatic imine (C=N–C) groups is 1. The average molecular weight is 446 g/mol. The summed E-state index contributed by atoms with van der Waals surface area (Å²) in [4.78, 5) is 18.6. The van der Waals surface area contributed by atoms with E-state index in [2.05, 4.69) is 10.3 Å². The molecular weight excluding hydrogens is 419 g/mol. The van der Waals surface area contributed by atoms with Crippen LogP contribution in [0.1, 0.15) is 36.2 Å². The molecule has 1 atom stereocenters. The van der Waals surface area contributed by atoms with Crippen LogP contribution in [0.4, 0.5) is 0 Å². The first kappa shape index (κ1) is 20.7. The Morgan fingerprint density at radius 3 is 2.79 bits per heavy atom. The number of carbonyl (C=O) groups excluding carboxylic acids is 1. The van der Waals surface area contributed by atoms with Crippen molar-refractivity contribution in [1.29, 1.82) is 0 Å². The highest BCUT2D eigenvalue weighted by Crippen LogP contribution is 2.08. The van der Waals surface area contributed by atoms with Crippen LogP contribution in [0.3, 0.4) is 0 Å². The third kappa shape index (κ3) is 6.27. The minimum atomic E-state index is -0.0497. The first-order chi connectivity index (χ1) is 11.1. The highest BCUT2D eigenvalue weighted by atomic mass is 127. The van der Waals surface area contributed by atoms with E-state index in [4.69, 9.17) is 10.5 Å². The van der Waals surface area contributed by atoms with Crippen LogP contribution in [-0.4, -0.2) is 49.1 Å². The van der Waals surface area contributed by atoms with Crippen LogP contribution in [0.2, 0.25) is 0 Å². The first-order valence-corrected chi connectivity index (χ1v) is 8.12. The van der Waals surface area contributed by atoms with Gasteiger partial charge in [-0.2, -0.15) is 0 Å². The second-order valence-corrected chi connectivity index (χ2v) is 5.76. The van der Waals surface area contributed by atoms with Crippen LogP contribution in [0.5, 0.6) is 0 Å². The number of guanidine groups is 1. The molecule has 3 N–H and O–H groups in total. The lowest BCUT2D eigenvalue weighted by Crippen LogP contribution is -2.44. The van der Waals surface area contributed by atoms with Gasteiger partial charge in [0.25, 0.3) is 5.91 Å². The van der Waals surface area contributed by atoms with Gasteiger partial charge in [0.2, 0.25) is 0 Å². The Morgan fingerprint density at radius 1 is 1.42 bits per heavy atom. The van der Waals surface area contributed by atoms with Gasteiger partial charge in [-0.1, -0.05) is 19.1 Å². The lowest BCUT2D eigenvalue weighted by Gasteiger charge is -2.27. The summed E-state index contributed by atoms with van der Waals surface area (Å²) in [5, 5.41) is 2.97. The van der Waals surface area contributed by atoms with Crippen LogP contribution in [0, 0.1) is 0 Å². The van der Waals surface area contributed by atoms with E-state index in [0.717, 1.165) is 25.1 Å². The fourth-order valence-corrected chi connectivity index (χ4v) is 2.28. The zero-order valence-corrected chi connectivity index (χ0v) is 16.7. The van der Waals surface area contributed by atoms with Gasteiger partial charge >= 0.3 is 0 Å². The summed E-state index contributed by atoms with van der Waals surface area (Å²) in [7, 11) is 0. The molecule has 1 aliphatic rings. The molecule has 1 aliphatic heterocycles. The van der Waals surface area contributed by atoms with Gasteiger partial charge in [-0.05, 0) is 31.0 Å². The van der Waals surface area contributed by atoms with Crippen molar-refractivity contribution >= 4 is 35.8 Å². The van der Waals surface area contributed by atoms with Gasteiger partial charge in [0.15, 0.2) is 5.96 Å². The van der Waals surface area contributed by atoms with Gasteiger partial charge < -0.3 is 20.7 Å². The number of nitrogens with zero attached hydrogens (tertiary/aromatic N) is 2. The number of amides is 1. The van der Waals surface area contributed by atoms with Crippen LogP contribution >= 0.6 is 24.0 Å². The highest BCUT2D eigenvalue weighted by Gasteiger charge is 2.12. The molecule has 2 rings (SSSR count). The summed E-state index contributed by atoms with van der Waals surface area (Å²) < 4.78 is 5.30. The number of hydrogen-bond donors (Lipinski definition) is 2. The van der Waals surface area contributed by atoms with E-state index in [1.165, 1.54) is 0 Å². The Kier molecular flexibility index (Phi) is 9.05. The normalized spacial score (nSPS) is 16.2. The molecule has 1 amide bonds.